The van der Waals surface area contributed by atoms with Crippen LogP contribution in [0.15, 0.2) is 97.1 Å². The third-order valence-corrected chi connectivity index (χ3v) is 5.05. The van der Waals surface area contributed by atoms with Crippen molar-refractivity contribution >= 4 is 44.5 Å². The van der Waals surface area contributed by atoms with Gasteiger partial charge in [0.25, 0.3) is 0 Å². The Morgan fingerprint density at radius 1 is 0.423 bits per heavy atom. The highest BCUT2D eigenvalue weighted by molar-refractivity contribution is 6.19. The molecule has 0 nitrogen and oxygen atoms in total. The van der Waals surface area contributed by atoms with Crippen LogP contribution in [0.25, 0.3) is 44.5 Å². The molecule has 122 valence electrons. The highest BCUT2D eigenvalue weighted by Gasteiger charge is 2.07. The maximum absolute atomic E-state index is 2.33. The van der Waals surface area contributed by atoms with Crippen LogP contribution in [0.4, 0.5) is 0 Å². The molecule has 0 aromatic heterocycles. The minimum Gasteiger partial charge on any atom is -0.0622 e. The van der Waals surface area contributed by atoms with E-state index in [1.54, 1.807) is 0 Å². The summed E-state index contributed by atoms with van der Waals surface area (Å²) in [7, 11) is 0. The molecule has 0 amide bonds. The van der Waals surface area contributed by atoms with Crippen molar-refractivity contribution < 1.29 is 0 Å². The Balaban J connectivity index is 1.83. The summed E-state index contributed by atoms with van der Waals surface area (Å²) in [6.45, 7) is 0. The molecule has 0 fully saturated rings. The summed E-state index contributed by atoms with van der Waals surface area (Å²) in [6, 6.07) is 34.6. The van der Waals surface area contributed by atoms with E-state index in [1.165, 1.54) is 43.4 Å². The lowest BCUT2D eigenvalue weighted by Crippen LogP contribution is -1.84. The van der Waals surface area contributed by atoms with Gasteiger partial charge in [-0.15, -0.1) is 0 Å². The van der Waals surface area contributed by atoms with Crippen LogP contribution in [0.1, 0.15) is 11.1 Å². The number of hydrogen-bond acceptors (Lipinski definition) is 0. The fourth-order valence-electron chi connectivity index (χ4n) is 3.78. The molecular formula is C26H18. The lowest BCUT2D eigenvalue weighted by molar-refractivity contribution is 1.66. The van der Waals surface area contributed by atoms with E-state index in [0.29, 0.717) is 0 Å². The summed E-state index contributed by atoms with van der Waals surface area (Å²) < 4.78 is 0. The van der Waals surface area contributed by atoms with Gasteiger partial charge in [0.05, 0.1) is 0 Å². The van der Waals surface area contributed by atoms with Crippen molar-refractivity contribution in [2.24, 2.45) is 0 Å². The van der Waals surface area contributed by atoms with Crippen molar-refractivity contribution in [2.75, 3.05) is 0 Å². The van der Waals surface area contributed by atoms with Gasteiger partial charge in [-0.05, 0) is 49.5 Å². The molecule has 0 heterocycles. The molecule has 5 aromatic carbocycles. The molecule has 0 saturated heterocycles. The predicted octanol–water partition coefficient (Wildman–Crippen LogP) is 7.32. The van der Waals surface area contributed by atoms with Gasteiger partial charge in [0.1, 0.15) is 0 Å². The normalized spacial score (nSPS) is 11.7. The first-order valence-electron chi connectivity index (χ1n) is 8.96. The predicted molar refractivity (Wildman–Crippen MR) is 114 cm³/mol. The summed E-state index contributed by atoms with van der Waals surface area (Å²) in [4.78, 5) is 0. The van der Waals surface area contributed by atoms with E-state index in [1.807, 2.05) is 0 Å². The second-order valence-corrected chi connectivity index (χ2v) is 6.64. The smallest absolute Gasteiger partial charge is 0.00930 e. The molecule has 0 bridgehead atoms. The van der Waals surface area contributed by atoms with Crippen LogP contribution in [0.2, 0.25) is 0 Å². The Kier molecular flexibility index (Phi) is 3.54. The summed E-state index contributed by atoms with van der Waals surface area (Å²) >= 11 is 0. The maximum Gasteiger partial charge on any atom is -0.00930 e. The van der Waals surface area contributed by atoms with Gasteiger partial charge < -0.3 is 0 Å². The largest absolute Gasteiger partial charge is 0.0622 e. The fraction of sp³-hybridized carbons (Fsp3) is 0. The minimum atomic E-state index is 1.22. The van der Waals surface area contributed by atoms with E-state index in [-0.39, 0.29) is 0 Å². The quantitative estimate of drug-likeness (QED) is 0.235. The first kappa shape index (κ1) is 14.9. The van der Waals surface area contributed by atoms with Crippen LogP contribution in [0.3, 0.4) is 0 Å². The minimum absolute atomic E-state index is 1.22. The average Bonchev–Trinajstić information content (AvgIpc) is 2.72. The van der Waals surface area contributed by atoms with Crippen molar-refractivity contribution in [3.05, 3.63) is 108 Å². The molecule has 0 aliphatic carbocycles. The first-order chi connectivity index (χ1) is 12.9. The summed E-state index contributed by atoms with van der Waals surface area (Å²) in [5.41, 5.74) is 2.47. The van der Waals surface area contributed by atoms with Gasteiger partial charge in [-0.2, -0.15) is 0 Å². The number of hydrogen-bond donors (Lipinski definition) is 0. The van der Waals surface area contributed by atoms with E-state index in [0.717, 1.165) is 0 Å². The monoisotopic (exact) mass is 330 g/mol. The Morgan fingerprint density at radius 3 is 1.92 bits per heavy atom. The second kappa shape index (κ2) is 6.16. The number of fused-ring (bicyclic) bond motifs is 5. The summed E-state index contributed by atoms with van der Waals surface area (Å²) in [6.07, 6.45) is 4.43. The highest BCUT2D eigenvalue weighted by Crippen LogP contribution is 2.34. The van der Waals surface area contributed by atoms with E-state index in [4.69, 9.17) is 0 Å². The van der Waals surface area contributed by atoms with Crippen LogP contribution in [-0.2, 0) is 0 Å². The second-order valence-electron chi connectivity index (χ2n) is 6.64. The van der Waals surface area contributed by atoms with Gasteiger partial charge in [-0.25, -0.2) is 0 Å². The summed E-state index contributed by atoms with van der Waals surface area (Å²) in [5.74, 6) is 0. The van der Waals surface area contributed by atoms with Gasteiger partial charge in [0, 0.05) is 0 Å². The molecular weight excluding hydrogens is 312 g/mol. The summed E-state index contributed by atoms with van der Waals surface area (Å²) in [5, 5.41) is 7.83. The van der Waals surface area contributed by atoms with E-state index >= 15 is 0 Å². The van der Waals surface area contributed by atoms with E-state index in [2.05, 4.69) is 109 Å². The molecule has 0 aliphatic rings. The van der Waals surface area contributed by atoms with Crippen LogP contribution in [0.5, 0.6) is 0 Å². The van der Waals surface area contributed by atoms with Crippen molar-refractivity contribution in [1.29, 1.82) is 0 Å². The topological polar surface area (TPSA) is 0 Å². The van der Waals surface area contributed by atoms with E-state index < -0.39 is 0 Å². The zero-order valence-corrected chi connectivity index (χ0v) is 14.4. The van der Waals surface area contributed by atoms with E-state index in [9.17, 15) is 0 Å². The Morgan fingerprint density at radius 2 is 1.08 bits per heavy atom. The van der Waals surface area contributed by atoms with Crippen LogP contribution in [-0.4, -0.2) is 0 Å². The zero-order valence-electron chi connectivity index (χ0n) is 14.4. The van der Waals surface area contributed by atoms with Gasteiger partial charge in [-0.1, -0.05) is 103 Å². The van der Waals surface area contributed by atoms with Gasteiger partial charge >= 0.3 is 0 Å². The molecule has 0 radical (unpaired) electrons. The third-order valence-electron chi connectivity index (χ3n) is 5.05. The molecule has 5 aromatic rings. The molecule has 0 atom stereocenters. The van der Waals surface area contributed by atoms with Crippen molar-refractivity contribution in [2.45, 2.75) is 0 Å². The molecule has 0 spiro atoms. The highest BCUT2D eigenvalue weighted by atomic mass is 14.1. The van der Waals surface area contributed by atoms with Crippen LogP contribution >= 0.6 is 0 Å². The number of benzene rings is 5. The Hall–Kier alpha value is -3.38. The van der Waals surface area contributed by atoms with Gasteiger partial charge in [0.2, 0.25) is 0 Å². The molecule has 26 heavy (non-hydrogen) atoms. The van der Waals surface area contributed by atoms with Crippen LogP contribution < -0.4 is 0 Å². The maximum atomic E-state index is 2.33. The first-order valence-corrected chi connectivity index (χ1v) is 8.96. The lowest BCUT2D eigenvalue weighted by Gasteiger charge is -2.10. The molecule has 5 rings (SSSR count). The van der Waals surface area contributed by atoms with Gasteiger partial charge in [0.15, 0.2) is 0 Å². The molecule has 0 heteroatoms. The molecule has 0 saturated carbocycles. The van der Waals surface area contributed by atoms with Crippen molar-refractivity contribution in [3.63, 3.8) is 0 Å². The fourth-order valence-corrected chi connectivity index (χ4v) is 3.78. The van der Waals surface area contributed by atoms with Crippen LogP contribution in [0, 0.1) is 0 Å². The molecule has 0 N–H and O–H groups in total. The Bertz CT molecular complexity index is 1260. The van der Waals surface area contributed by atoms with Crippen molar-refractivity contribution in [1.82, 2.24) is 0 Å². The standard InChI is InChI=1S/C26H18/c1-2-8-19(9-3-1)14-15-21-18-26-22-11-5-4-10-20(22)16-17-25(26)24-13-7-6-12-23(21)24/h1-18H. The average molecular weight is 330 g/mol. The molecule has 0 unspecified atom stereocenters. The SMILES string of the molecule is C(=Cc1cc2c3ccccc3ccc2c2ccccc12)c1ccccc1. The Labute approximate surface area is 153 Å². The number of rotatable bonds is 2. The van der Waals surface area contributed by atoms with Crippen molar-refractivity contribution in [3.8, 4) is 0 Å². The zero-order chi connectivity index (χ0) is 17.3. The molecule has 0 aliphatic heterocycles. The lowest BCUT2D eigenvalue weighted by atomic mass is 9.93. The third kappa shape index (κ3) is 2.48. The van der Waals surface area contributed by atoms with Gasteiger partial charge in [-0.3, -0.25) is 0 Å².